The number of aryl methyl sites for hydroxylation is 1. The molecule has 4 rings (SSSR count). The van der Waals surface area contributed by atoms with E-state index in [1.54, 1.807) is 18.4 Å². The zero-order valence-electron chi connectivity index (χ0n) is 17.9. The minimum Gasteiger partial charge on any atom is -0.381 e. The van der Waals surface area contributed by atoms with Gasteiger partial charge in [0.2, 0.25) is 0 Å². The maximum atomic E-state index is 6.30. The van der Waals surface area contributed by atoms with Gasteiger partial charge in [-0.1, -0.05) is 11.6 Å². The van der Waals surface area contributed by atoms with E-state index in [4.69, 9.17) is 26.3 Å². The lowest BCUT2D eigenvalue weighted by atomic mass is 10.1. The highest BCUT2D eigenvalue weighted by Gasteiger charge is 2.23. The molecule has 1 aliphatic rings. The lowest BCUT2D eigenvalue weighted by Crippen LogP contribution is -2.37. The Morgan fingerprint density at radius 1 is 1.27 bits per heavy atom. The van der Waals surface area contributed by atoms with Crippen LogP contribution in [0.15, 0.2) is 23.6 Å². The van der Waals surface area contributed by atoms with Gasteiger partial charge in [0.05, 0.1) is 24.2 Å². The van der Waals surface area contributed by atoms with Gasteiger partial charge in [0.25, 0.3) is 0 Å². The number of methoxy groups -OCH3 is 1. The van der Waals surface area contributed by atoms with Gasteiger partial charge < -0.3 is 9.64 Å². The van der Waals surface area contributed by atoms with Gasteiger partial charge in [-0.15, -0.1) is 11.3 Å². The van der Waals surface area contributed by atoms with E-state index in [0.29, 0.717) is 17.7 Å². The first-order valence-corrected chi connectivity index (χ1v) is 11.6. The van der Waals surface area contributed by atoms with E-state index in [-0.39, 0.29) is 6.04 Å². The number of thiazole rings is 1. The van der Waals surface area contributed by atoms with Crippen molar-refractivity contribution in [1.82, 2.24) is 19.9 Å². The summed E-state index contributed by atoms with van der Waals surface area (Å²) in [4.78, 5) is 19.1. The second-order valence-electron chi connectivity index (χ2n) is 7.97. The summed E-state index contributed by atoms with van der Waals surface area (Å²) in [6.45, 7) is 6.70. The number of hydrogen-bond acceptors (Lipinski definition) is 7. The highest BCUT2D eigenvalue weighted by Crippen LogP contribution is 2.30. The summed E-state index contributed by atoms with van der Waals surface area (Å²) in [5, 5.41) is 4.92. The molecule has 30 heavy (non-hydrogen) atoms. The van der Waals surface area contributed by atoms with Crippen molar-refractivity contribution in [2.45, 2.75) is 45.4 Å². The first-order chi connectivity index (χ1) is 14.4. The van der Waals surface area contributed by atoms with E-state index >= 15 is 0 Å². The lowest BCUT2D eigenvalue weighted by Gasteiger charge is -2.33. The summed E-state index contributed by atoms with van der Waals surface area (Å²) >= 11 is 8.00. The van der Waals surface area contributed by atoms with Crippen molar-refractivity contribution in [3.63, 3.8) is 0 Å². The number of hydrogen-bond donors (Lipinski definition) is 0. The molecule has 1 aliphatic heterocycles. The molecule has 3 heterocycles. The van der Waals surface area contributed by atoms with Crippen LogP contribution in [-0.2, 0) is 11.3 Å². The molecule has 160 valence electrons. The topological polar surface area (TPSA) is 54.4 Å². The average molecular weight is 446 g/mol. The molecule has 1 atom stereocenters. The van der Waals surface area contributed by atoms with Gasteiger partial charge in [0, 0.05) is 41.7 Å². The number of benzene rings is 1. The van der Waals surface area contributed by atoms with Crippen molar-refractivity contribution < 1.29 is 4.74 Å². The molecule has 3 aromatic rings. The summed E-state index contributed by atoms with van der Waals surface area (Å²) in [5.41, 5.74) is 2.00. The third-order valence-corrected chi connectivity index (χ3v) is 7.17. The van der Waals surface area contributed by atoms with Crippen LogP contribution in [0.25, 0.3) is 10.9 Å². The largest absolute Gasteiger partial charge is 0.381 e. The van der Waals surface area contributed by atoms with Crippen LogP contribution in [0.2, 0.25) is 5.02 Å². The Labute approximate surface area is 186 Å². The van der Waals surface area contributed by atoms with Gasteiger partial charge >= 0.3 is 0 Å². The molecule has 1 saturated heterocycles. The number of halogens is 1. The van der Waals surface area contributed by atoms with Gasteiger partial charge in [-0.2, -0.15) is 0 Å². The molecule has 8 heteroatoms. The van der Waals surface area contributed by atoms with Gasteiger partial charge in [0.1, 0.15) is 16.6 Å². The van der Waals surface area contributed by atoms with Gasteiger partial charge in [-0.25, -0.2) is 15.0 Å². The van der Waals surface area contributed by atoms with Crippen LogP contribution >= 0.6 is 22.9 Å². The molecule has 1 aromatic carbocycles. The number of ether oxygens (including phenoxy) is 1. The van der Waals surface area contributed by atoms with E-state index in [1.165, 1.54) is 0 Å². The van der Waals surface area contributed by atoms with Crippen molar-refractivity contribution in [3.05, 3.63) is 45.1 Å². The standard InChI is InChI=1S/C22H28ClN5OS/c1-14-13-30-22(24-14)15(2)27(3)12-20-25-19-6-5-16(23)11-18(19)21(26-20)28-9-7-17(29-4)8-10-28/h5-6,11,13,15,17H,7-10,12H2,1-4H3. The Morgan fingerprint density at radius 3 is 2.70 bits per heavy atom. The van der Waals surface area contributed by atoms with Crippen LogP contribution in [0, 0.1) is 6.92 Å². The molecular weight excluding hydrogens is 418 g/mol. The van der Waals surface area contributed by atoms with Gasteiger partial charge in [-0.3, -0.25) is 4.90 Å². The molecule has 0 radical (unpaired) electrons. The predicted molar refractivity (Wildman–Crippen MR) is 124 cm³/mol. The van der Waals surface area contributed by atoms with Crippen molar-refractivity contribution in [3.8, 4) is 0 Å². The second kappa shape index (κ2) is 9.14. The zero-order chi connectivity index (χ0) is 21.3. The molecule has 0 saturated carbocycles. The molecule has 0 N–H and O–H groups in total. The van der Waals surface area contributed by atoms with Gasteiger partial charge in [-0.05, 0) is 51.9 Å². The number of rotatable bonds is 6. The summed E-state index contributed by atoms with van der Waals surface area (Å²) < 4.78 is 5.54. The zero-order valence-corrected chi connectivity index (χ0v) is 19.5. The van der Waals surface area contributed by atoms with Crippen LogP contribution in [0.5, 0.6) is 0 Å². The summed E-state index contributed by atoms with van der Waals surface area (Å²) in [6.07, 6.45) is 2.32. The normalized spacial score (nSPS) is 16.5. The van der Waals surface area contributed by atoms with Crippen molar-refractivity contribution in [1.29, 1.82) is 0 Å². The van der Waals surface area contributed by atoms with Crippen molar-refractivity contribution >= 4 is 39.7 Å². The molecule has 2 aromatic heterocycles. The molecule has 1 fully saturated rings. The molecule has 0 spiro atoms. The molecule has 0 amide bonds. The first kappa shape index (κ1) is 21.4. The summed E-state index contributed by atoms with van der Waals surface area (Å²) in [6, 6.07) is 6.06. The Hall–Kier alpha value is -1.80. The fourth-order valence-electron chi connectivity index (χ4n) is 3.86. The Kier molecular flexibility index (Phi) is 6.53. The molecule has 0 bridgehead atoms. The van der Waals surface area contributed by atoms with E-state index < -0.39 is 0 Å². The maximum absolute atomic E-state index is 6.30. The fourth-order valence-corrected chi connectivity index (χ4v) is 4.95. The predicted octanol–water partition coefficient (Wildman–Crippen LogP) is 4.86. The van der Waals surface area contributed by atoms with E-state index in [1.807, 2.05) is 25.1 Å². The lowest BCUT2D eigenvalue weighted by molar-refractivity contribution is 0.0818. The minimum atomic E-state index is 0.203. The number of piperidine rings is 1. The first-order valence-electron chi connectivity index (χ1n) is 10.3. The smallest absolute Gasteiger partial charge is 0.145 e. The number of aromatic nitrogens is 3. The van der Waals surface area contributed by atoms with Crippen LogP contribution < -0.4 is 4.90 Å². The highest BCUT2D eigenvalue weighted by molar-refractivity contribution is 7.09. The number of anilines is 1. The maximum Gasteiger partial charge on any atom is 0.145 e. The van der Waals surface area contributed by atoms with Crippen LogP contribution in [0.1, 0.15) is 42.3 Å². The Bertz CT molecular complexity index is 1020. The van der Waals surface area contributed by atoms with Crippen molar-refractivity contribution in [2.24, 2.45) is 0 Å². The number of fused-ring (bicyclic) bond motifs is 1. The Morgan fingerprint density at radius 2 is 2.03 bits per heavy atom. The van der Waals surface area contributed by atoms with Gasteiger partial charge in [0.15, 0.2) is 0 Å². The molecular formula is C22H28ClN5OS. The van der Waals surface area contributed by atoms with Crippen LogP contribution in [0.4, 0.5) is 5.82 Å². The second-order valence-corrected chi connectivity index (χ2v) is 9.29. The quantitative estimate of drug-likeness (QED) is 0.540. The fraction of sp³-hybridized carbons (Fsp3) is 0.500. The van der Waals surface area contributed by atoms with E-state index in [9.17, 15) is 0 Å². The van der Waals surface area contributed by atoms with Crippen molar-refractivity contribution in [2.75, 3.05) is 32.1 Å². The van der Waals surface area contributed by atoms with E-state index in [2.05, 4.69) is 34.1 Å². The monoisotopic (exact) mass is 445 g/mol. The summed E-state index contributed by atoms with van der Waals surface area (Å²) in [5.74, 6) is 1.79. The molecule has 1 unspecified atom stereocenters. The molecule has 0 aliphatic carbocycles. The van der Waals surface area contributed by atoms with Crippen LogP contribution in [0.3, 0.4) is 0 Å². The average Bonchev–Trinajstić information content (AvgIpc) is 3.19. The molecule has 6 nitrogen and oxygen atoms in total. The SMILES string of the molecule is COC1CCN(c2nc(CN(C)C(C)c3nc(C)cs3)nc3ccc(Cl)cc23)CC1. The Balaban J connectivity index is 1.63. The summed E-state index contributed by atoms with van der Waals surface area (Å²) in [7, 11) is 3.89. The van der Waals surface area contributed by atoms with Crippen LogP contribution in [-0.4, -0.2) is 53.2 Å². The minimum absolute atomic E-state index is 0.203. The highest BCUT2D eigenvalue weighted by atomic mass is 35.5. The van der Waals surface area contributed by atoms with E-state index in [0.717, 1.165) is 59.2 Å². The third-order valence-electron chi connectivity index (χ3n) is 5.80. The third kappa shape index (κ3) is 4.59. The number of nitrogens with zero attached hydrogens (tertiary/aromatic N) is 5.